The maximum absolute atomic E-state index is 13.6. The SMILES string of the molecule is CC(C)(C)[C@H]1CO[C@]2(C)[C@H]([C@@H](c3ccccc3)[S+](c3ccccc3)c3ccccc3)C=C([O-])N12. The Balaban J connectivity index is 1.69. The number of nitrogens with zero attached hydrogens (tertiary/aromatic N) is 1. The highest BCUT2D eigenvalue weighted by molar-refractivity contribution is 7.97. The molecule has 176 valence electrons. The molecule has 0 saturated carbocycles. The van der Waals surface area contributed by atoms with Crippen molar-refractivity contribution in [2.45, 2.75) is 54.5 Å². The Hall–Kier alpha value is -2.69. The Bertz CT molecular complexity index is 1100. The highest BCUT2D eigenvalue weighted by Crippen LogP contribution is 2.54. The minimum Gasteiger partial charge on any atom is -0.860 e. The van der Waals surface area contributed by atoms with Crippen LogP contribution in [0.15, 0.2) is 113 Å². The van der Waals surface area contributed by atoms with Gasteiger partial charge in [-0.3, -0.25) is 0 Å². The molecule has 0 unspecified atom stereocenters. The Kier molecular flexibility index (Phi) is 5.99. The van der Waals surface area contributed by atoms with E-state index >= 15 is 0 Å². The fourth-order valence-corrected chi connectivity index (χ4v) is 8.23. The number of hydrogen-bond donors (Lipinski definition) is 0. The van der Waals surface area contributed by atoms with Crippen LogP contribution >= 0.6 is 0 Å². The van der Waals surface area contributed by atoms with Gasteiger partial charge >= 0.3 is 0 Å². The van der Waals surface area contributed by atoms with Gasteiger partial charge < -0.3 is 14.7 Å². The molecule has 0 N–H and O–H groups in total. The van der Waals surface area contributed by atoms with Crippen molar-refractivity contribution in [3.63, 3.8) is 0 Å². The molecule has 3 aromatic rings. The molecule has 3 aromatic carbocycles. The lowest BCUT2D eigenvalue weighted by atomic mass is 9.85. The molecule has 1 saturated heterocycles. The van der Waals surface area contributed by atoms with Crippen molar-refractivity contribution in [2.24, 2.45) is 11.3 Å². The summed E-state index contributed by atoms with van der Waals surface area (Å²) < 4.78 is 6.59. The Labute approximate surface area is 206 Å². The van der Waals surface area contributed by atoms with E-state index in [9.17, 15) is 5.11 Å². The summed E-state index contributed by atoms with van der Waals surface area (Å²) in [6.45, 7) is 9.28. The summed E-state index contributed by atoms with van der Waals surface area (Å²) in [6, 6.07) is 32.2. The van der Waals surface area contributed by atoms with Crippen molar-refractivity contribution in [1.29, 1.82) is 0 Å². The molecular weight excluding hydrogens is 438 g/mol. The van der Waals surface area contributed by atoms with Crippen LogP contribution in [0.4, 0.5) is 0 Å². The first-order chi connectivity index (χ1) is 16.3. The highest BCUT2D eigenvalue weighted by Gasteiger charge is 2.60. The third kappa shape index (κ3) is 3.93. The fourth-order valence-electron chi connectivity index (χ4n) is 5.42. The summed E-state index contributed by atoms with van der Waals surface area (Å²) >= 11 is 0. The summed E-state index contributed by atoms with van der Waals surface area (Å²) in [4.78, 5) is 4.58. The van der Waals surface area contributed by atoms with Gasteiger partial charge in [0.15, 0.2) is 15.0 Å². The molecule has 0 radical (unpaired) electrons. The molecule has 0 spiro atoms. The van der Waals surface area contributed by atoms with E-state index in [1.165, 1.54) is 15.4 Å². The quantitative estimate of drug-likeness (QED) is 0.444. The van der Waals surface area contributed by atoms with E-state index in [1.54, 1.807) is 0 Å². The normalized spacial score (nSPS) is 25.3. The largest absolute Gasteiger partial charge is 0.860 e. The number of ether oxygens (including phenoxy) is 1. The minimum absolute atomic E-state index is 0.0536. The molecule has 4 heteroatoms. The molecule has 2 aliphatic rings. The molecule has 1 fully saturated rings. The molecule has 2 aliphatic heterocycles. The molecule has 2 heterocycles. The smallest absolute Gasteiger partial charge is 0.165 e. The number of rotatable bonds is 5. The third-order valence-electron chi connectivity index (χ3n) is 7.20. The Morgan fingerprint density at radius 2 is 1.38 bits per heavy atom. The maximum Gasteiger partial charge on any atom is 0.165 e. The predicted molar refractivity (Wildman–Crippen MR) is 137 cm³/mol. The molecule has 4 atom stereocenters. The van der Waals surface area contributed by atoms with Gasteiger partial charge in [0.1, 0.15) is 5.72 Å². The van der Waals surface area contributed by atoms with Crippen molar-refractivity contribution in [1.82, 2.24) is 4.90 Å². The van der Waals surface area contributed by atoms with E-state index in [2.05, 4.69) is 119 Å². The Morgan fingerprint density at radius 1 is 0.882 bits per heavy atom. The average Bonchev–Trinajstić information content (AvgIpc) is 3.32. The maximum atomic E-state index is 13.6. The van der Waals surface area contributed by atoms with Crippen molar-refractivity contribution in [3.05, 3.63) is 109 Å². The zero-order valence-electron chi connectivity index (χ0n) is 20.3. The third-order valence-corrected chi connectivity index (χ3v) is 9.84. The van der Waals surface area contributed by atoms with E-state index in [4.69, 9.17) is 4.74 Å². The van der Waals surface area contributed by atoms with Gasteiger partial charge in [0.25, 0.3) is 0 Å². The van der Waals surface area contributed by atoms with Crippen molar-refractivity contribution in [3.8, 4) is 0 Å². The van der Waals surface area contributed by atoms with Crippen LogP contribution in [0.25, 0.3) is 0 Å². The lowest BCUT2D eigenvalue weighted by molar-refractivity contribution is -0.342. The lowest BCUT2D eigenvalue weighted by Crippen LogP contribution is -2.52. The van der Waals surface area contributed by atoms with E-state index in [0.29, 0.717) is 6.61 Å². The van der Waals surface area contributed by atoms with E-state index in [0.717, 1.165) is 0 Å². The summed E-state index contributed by atoms with van der Waals surface area (Å²) in [5.41, 5.74) is 0.502. The van der Waals surface area contributed by atoms with Crippen LogP contribution < -0.4 is 5.11 Å². The minimum atomic E-state index is -0.676. The average molecular weight is 472 g/mol. The van der Waals surface area contributed by atoms with Crippen LogP contribution in [0, 0.1) is 11.3 Å². The van der Waals surface area contributed by atoms with Gasteiger partial charge in [-0.25, -0.2) is 0 Å². The van der Waals surface area contributed by atoms with Crippen molar-refractivity contribution >= 4 is 10.9 Å². The zero-order chi connectivity index (χ0) is 23.9. The monoisotopic (exact) mass is 471 g/mol. The first kappa shape index (κ1) is 23.1. The molecule has 0 aromatic heterocycles. The van der Waals surface area contributed by atoms with Crippen LogP contribution in [0.3, 0.4) is 0 Å². The molecule has 5 rings (SSSR count). The number of hydrogen-bond acceptors (Lipinski definition) is 3. The standard InChI is InChI=1S/C30H33NO2S/c1-29(2,3)26-21-33-30(4)25(20-27(32)31(26)30)28(22-14-8-5-9-15-22)34(23-16-10-6-11-17-23)24-18-12-7-13-19-24/h5-20,25-26,28H,21H2,1-4H3/t25-,26+,28+,30+/m0/s1. The highest BCUT2D eigenvalue weighted by atomic mass is 32.2. The summed E-state index contributed by atoms with van der Waals surface area (Å²) in [6.07, 6.45) is 1.95. The van der Waals surface area contributed by atoms with Crippen LogP contribution in [0.1, 0.15) is 38.5 Å². The van der Waals surface area contributed by atoms with Crippen LogP contribution in [0.2, 0.25) is 0 Å². The molecule has 34 heavy (non-hydrogen) atoms. The van der Waals surface area contributed by atoms with Gasteiger partial charge in [-0.15, -0.1) is 0 Å². The van der Waals surface area contributed by atoms with Gasteiger partial charge in [-0.05, 0) is 42.5 Å². The summed E-state index contributed by atoms with van der Waals surface area (Å²) in [5.74, 6) is 0.00836. The van der Waals surface area contributed by atoms with E-state index in [1.807, 2.05) is 11.0 Å². The zero-order valence-corrected chi connectivity index (χ0v) is 21.2. The van der Waals surface area contributed by atoms with Crippen molar-refractivity contribution < 1.29 is 9.84 Å². The molecule has 0 aliphatic carbocycles. The molecule has 3 nitrogen and oxygen atoms in total. The topological polar surface area (TPSA) is 35.5 Å². The van der Waals surface area contributed by atoms with Gasteiger partial charge in [-0.2, -0.15) is 0 Å². The Morgan fingerprint density at radius 3 is 1.88 bits per heavy atom. The second-order valence-electron chi connectivity index (χ2n) is 10.4. The van der Waals surface area contributed by atoms with Crippen LogP contribution in [-0.4, -0.2) is 23.3 Å². The second kappa shape index (κ2) is 8.83. The second-order valence-corrected chi connectivity index (χ2v) is 12.6. The van der Waals surface area contributed by atoms with Gasteiger partial charge in [-0.1, -0.05) is 93.6 Å². The number of fused-ring (bicyclic) bond motifs is 1. The number of benzene rings is 3. The molecule has 0 bridgehead atoms. The summed E-state index contributed by atoms with van der Waals surface area (Å²) in [5, 5.41) is 13.6. The fraction of sp³-hybridized carbons (Fsp3) is 0.333. The summed E-state index contributed by atoms with van der Waals surface area (Å²) in [7, 11) is -0.303. The van der Waals surface area contributed by atoms with Crippen molar-refractivity contribution in [2.75, 3.05) is 6.61 Å². The lowest BCUT2D eigenvalue weighted by Gasteiger charge is -2.44. The predicted octanol–water partition coefficient (Wildman–Crippen LogP) is 5.76. The first-order valence-corrected chi connectivity index (χ1v) is 13.3. The van der Waals surface area contributed by atoms with E-state index < -0.39 is 5.72 Å². The van der Waals surface area contributed by atoms with Gasteiger partial charge in [0.2, 0.25) is 0 Å². The van der Waals surface area contributed by atoms with E-state index in [-0.39, 0.29) is 39.4 Å². The first-order valence-electron chi connectivity index (χ1n) is 12.0. The van der Waals surface area contributed by atoms with Gasteiger partial charge in [0.05, 0.1) is 29.5 Å². The van der Waals surface area contributed by atoms with Crippen LogP contribution in [-0.2, 0) is 15.6 Å². The molecule has 0 amide bonds. The van der Waals surface area contributed by atoms with Crippen LogP contribution in [0.5, 0.6) is 0 Å². The van der Waals surface area contributed by atoms with Gasteiger partial charge in [0, 0.05) is 5.56 Å². The molecular formula is C30H33NO2S.